The van der Waals surface area contributed by atoms with Crippen molar-refractivity contribution in [3.8, 4) is 11.6 Å². The van der Waals surface area contributed by atoms with Crippen molar-refractivity contribution in [2.45, 2.75) is 584 Å². The lowest BCUT2D eigenvalue weighted by atomic mass is 9.68. The highest BCUT2D eigenvalue weighted by molar-refractivity contribution is 5.68. The maximum absolute atomic E-state index is 15.6. The van der Waals surface area contributed by atoms with Crippen molar-refractivity contribution in [3.63, 3.8) is 0 Å². The van der Waals surface area contributed by atoms with Gasteiger partial charge in [0, 0.05) is 50.1 Å². The highest BCUT2D eigenvalue weighted by Gasteiger charge is 2.55. The second kappa shape index (κ2) is 74.6. The minimum Gasteiger partial charge on any atom is -0.444 e. The van der Waals surface area contributed by atoms with Crippen LogP contribution in [0.1, 0.15) is 572 Å². The Labute approximate surface area is 751 Å². The maximum Gasteiger partial charge on any atom is 0.433 e. The highest BCUT2D eigenvalue weighted by atomic mass is 19.4. The lowest BCUT2D eigenvalue weighted by Crippen LogP contribution is -2.56. The van der Waals surface area contributed by atoms with Gasteiger partial charge in [-0.25, -0.2) is 14.2 Å². The number of alkyl halides is 3. The molecule has 9 nitrogen and oxygen atoms in total. The Bertz CT molecular complexity index is 2630. The van der Waals surface area contributed by atoms with Crippen LogP contribution in [-0.4, -0.2) is 71.7 Å². The maximum atomic E-state index is 15.6. The lowest BCUT2D eigenvalue weighted by Gasteiger charge is -2.50. The summed E-state index contributed by atoms with van der Waals surface area (Å²) in [6.45, 7) is 8.36. The normalized spacial score (nSPS) is 23.7. The molecule has 710 valence electrons. The van der Waals surface area contributed by atoms with Crippen LogP contribution in [-0.2, 0) is 20.4 Å². The Morgan fingerprint density at radius 3 is 0.861 bits per heavy atom. The van der Waals surface area contributed by atoms with Gasteiger partial charge >= 0.3 is 12.3 Å². The summed E-state index contributed by atoms with van der Waals surface area (Å²) >= 11 is 0. The van der Waals surface area contributed by atoms with Crippen molar-refractivity contribution < 1.29 is 41.3 Å². The summed E-state index contributed by atoms with van der Waals surface area (Å²) in [5, 5.41) is 0. The lowest BCUT2D eigenvalue weighted by molar-refractivity contribution is -0.246. The smallest absolute Gasteiger partial charge is 0.433 e. The van der Waals surface area contributed by atoms with Crippen LogP contribution in [0.3, 0.4) is 0 Å². The fraction of sp³-hybridized carbons (Fsp3) is 0.899. The van der Waals surface area contributed by atoms with E-state index in [1.54, 1.807) is 6.07 Å². The number of amides is 1. The number of carbonyl (C=O) groups is 1. The van der Waals surface area contributed by atoms with Gasteiger partial charge in [0.25, 0.3) is 0 Å². The number of benzene rings is 1. The van der Waals surface area contributed by atoms with Crippen LogP contribution in [0.2, 0.25) is 0 Å². The summed E-state index contributed by atoms with van der Waals surface area (Å²) in [6.07, 6.45) is 104. The van der Waals surface area contributed by atoms with Crippen LogP contribution in [0.5, 0.6) is 11.6 Å². The fourth-order valence-corrected chi connectivity index (χ4v) is 20.2. The number of carbonyl (C=O) groups excluding carboxylic acids is 1. The summed E-state index contributed by atoms with van der Waals surface area (Å²) in [6, 6.07) is 6.35. The second-order valence-electron chi connectivity index (χ2n) is 40.3. The van der Waals surface area contributed by atoms with Crippen molar-refractivity contribution >= 4 is 12.0 Å². The number of hydrogen-bond acceptors (Lipinski definition) is 8. The summed E-state index contributed by atoms with van der Waals surface area (Å²) in [5.74, 6) is -1.85. The molecule has 1 saturated carbocycles. The molecule has 13 heteroatoms. The molecule has 122 heavy (non-hydrogen) atoms. The van der Waals surface area contributed by atoms with Crippen molar-refractivity contribution in [2.24, 2.45) is 5.41 Å². The standard InChI is InChI=1S/C109H196F4N4O5/c1-106(2,3)122-105(118)116-92-83-79-75-71-67-63-59-55-51-47-43-39-35-31-27-23-19-15-11-13-17-21-25-29-33-37-41-45-49-53-57-61-65-69-73-77-81-90-107(99-117(94-85-84-93-116)104-114-102(109(111,112)113)98-103(115-104)121-101-88-86-87-100(110)97-101)89-80-76-72-68-64-60-56-52-48-44-40-36-32-28-24-20-16-12-9-7-5-4-6-8-10-14-18-22-26-30-34-38-42-46-50-54-58-62-66-70-74-78-82-91-108(107)119-95-96-120-108/h86-88,97-98H,4-85,89-96,99H2,1-3H3. The van der Waals surface area contributed by atoms with Crippen molar-refractivity contribution in [3.05, 3.63) is 41.8 Å². The summed E-state index contributed by atoms with van der Waals surface area (Å²) in [7, 11) is 0. The molecular weight excluding hydrogens is 1520 g/mol. The van der Waals surface area contributed by atoms with Gasteiger partial charge in [0.2, 0.25) is 11.8 Å². The van der Waals surface area contributed by atoms with E-state index >= 15 is 13.2 Å². The molecule has 1 aromatic heterocycles. The summed E-state index contributed by atoms with van der Waals surface area (Å²) in [5.41, 5.74) is -2.45. The Balaban J connectivity index is 1.38. The Kier molecular flexibility index (Phi) is 66.8. The monoisotopic (exact) mass is 1720 g/mol. The molecule has 2 aromatic rings. The van der Waals surface area contributed by atoms with Crippen LogP contribution >= 0.6 is 0 Å². The van der Waals surface area contributed by atoms with Crippen molar-refractivity contribution in [2.75, 3.05) is 44.3 Å². The van der Waals surface area contributed by atoms with E-state index in [1.807, 2.05) is 30.6 Å². The highest BCUT2D eigenvalue weighted by Crippen LogP contribution is 2.51. The largest absolute Gasteiger partial charge is 0.444 e. The Morgan fingerprint density at radius 2 is 0.590 bits per heavy atom. The predicted molar refractivity (Wildman–Crippen MR) is 513 cm³/mol. The van der Waals surface area contributed by atoms with E-state index in [0.717, 1.165) is 96.0 Å². The predicted octanol–water partition coefficient (Wildman–Crippen LogP) is 37.4. The minimum absolute atomic E-state index is 0.0540. The average Bonchev–Trinajstić information content (AvgIpc) is 1.36. The third kappa shape index (κ3) is 57.7. The van der Waals surface area contributed by atoms with Gasteiger partial charge in [0.1, 0.15) is 17.2 Å². The molecular formula is C109H196F4N4O5. The van der Waals surface area contributed by atoms with E-state index in [1.165, 1.54) is 455 Å². The molecule has 5 rings (SSSR count). The van der Waals surface area contributed by atoms with Gasteiger partial charge in [-0.2, -0.15) is 18.2 Å². The zero-order valence-corrected chi connectivity index (χ0v) is 80.6. The number of aromatic nitrogens is 2. The molecule has 1 atom stereocenters. The van der Waals surface area contributed by atoms with Crippen LogP contribution in [0.25, 0.3) is 0 Å². The quantitative estimate of drug-likeness (QED) is 0.281. The first-order chi connectivity index (χ1) is 59.8. The van der Waals surface area contributed by atoms with Gasteiger partial charge in [-0.15, -0.1) is 0 Å². The second-order valence-corrected chi connectivity index (χ2v) is 40.3. The molecule has 0 radical (unpaired) electrons. The van der Waals surface area contributed by atoms with Crippen LogP contribution < -0.4 is 9.64 Å². The zero-order chi connectivity index (χ0) is 86.7. The van der Waals surface area contributed by atoms with E-state index in [2.05, 4.69) is 4.98 Å². The molecule has 0 bridgehead atoms. The van der Waals surface area contributed by atoms with Crippen molar-refractivity contribution in [1.82, 2.24) is 14.9 Å². The van der Waals surface area contributed by atoms with Crippen LogP contribution in [0.15, 0.2) is 30.3 Å². The van der Waals surface area contributed by atoms with E-state index in [9.17, 15) is 9.18 Å². The number of rotatable bonds is 3. The number of hydrogen-bond donors (Lipinski definition) is 0. The van der Waals surface area contributed by atoms with E-state index < -0.39 is 34.5 Å². The van der Waals surface area contributed by atoms with Gasteiger partial charge in [0.05, 0.1) is 13.2 Å². The first-order valence-corrected chi connectivity index (χ1v) is 54.2. The van der Waals surface area contributed by atoms with Crippen molar-refractivity contribution in [1.29, 1.82) is 0 Å². The Morgan fingerprint density at radius 1 is 0.336 bits per heavy atom. The fourth-order valence-electron chi connectivity index (χ4n) is 20.2. The summed E-state index contributed by atoms with van der Waals surface area (Å²) in [4.78, 5) is 27.5. The number of fused-ring (bicyclic) bond motifs is 1. The average molecular weight is 1720 g/mol. The topological polar surface area (TPSA) is 86.2 Å². The number of anilines is 1. The first-order valence-electron chi connectivity index (χ1n) is 54.2. The molecule has 0 N–H and O–H groups in total. The number of ether oxygens (including phenoxy) is 4. The van der Waals surface area contributed by atoms with Crippen LogP contribution in [0.4, 0.5) is 28.3 Å². The molecule has 1 aromatic carbocycles. The SMILES string of the molecule is CC(C)(C)OC(=O)N1CCCCCCCCCCCCCCCCCCCCCCCCCCCCCCCCCCCCCCCC2(CCCCCCCCCCCCCCCCCCCCCCCCCCCCCCCCCCCCCCCCCCCCCC23OCCO3)CN(c2nc(Oc3cccc(F)c3)cc(C(F)(F)F)n2)CCCC1. The van der Waals surface area contributed by atoms with Gasteiger partial charge in [-0.05, 0) is 71.4 Å². The molecule has 1 amide bonds. The van der Waals surface area contributed by atoms with E-state index in [4.69, 9.17) is 23.9 Å². The van der Waals surface area contributed by atoms with E-state index in [0.29, 0.717) is 58.7 Å². The van der Waals surface area contributed by atoms with E-state index in [-0.39, 0.29) is 23.7 Å². The third-order valence-electron chi connectivity index (χ3n) is 27.8. The molecule has 1 aliphatic carbocycles. The van der Waals surface area contributed by atoms with Gasteiger partial charge in [-0.1, -0.05) is 507 Å². The first kappa shape index (κ1) is 109. The third-order valence-corrected chi connectivity index (χ3v) is 27.8. The van der Waals surface area contributed by atoms with Gasteiger partial charge in [0.15, 0.2) is 11.5 Å². The van der Waals surface area contributed by atoms with Gasteiger partial charge < -0.3 is 28.7 Å². The molecule has 3 aliphatic rings. The van der Waals surface area contributed by atoms with Crippen LogP contribution in [0, 0.1) is 11.2 Å². The molecule has 3 fully saturated rings. The molecule has 1 unspecified atom stereocenters. The number of nitrogens with zero attached hydrogens (tertiary/aromatic N) is 4. The van der Waals surface area contributed by atoms with Gasteiger partial charge in [-0.3, -0.25) is 0 Å². The molecule has 2 saturated heterocycles. The Hall–Kier alpha value is -3.19. The molecule has 2 aliphatic heterocycles. The zero-order valence-electron chi connectivity index (χ0n) is 80.6. The summed E-state index contributed by atoms with van der Waals surface area (Å²) < 4.78 is 88.6. The molecule has 2 spiro atoms. The minimum atomic E-state index is -4.84. The molecule has 3 heterocycles. The number of halogens is 4.